The van der Waals surface area contributed by atoms with Gasteiger partial charge in [0.25, 0.3) is 0 Å². The Morgan fingerprint density at radius 3 is 2.38 bits per heavy atom. The molecule has 0 aliphatic carbocycles. The second-order valence-electron chi connectivity index (χ2n) is 4.74. The van der Waals surface area contributed by atoms with Crippen molar-refractivity contribution in [2.24, 2.45) is 0 Å². The van der Waals surface area contributed by atoms with Gasteiger partial charge in [0.15, 0.2) is 0 Å². The Balaban J connectivity index is 0.000000896. The molecule has 0 radical (unpaired) electrons. The molecule has 0 spiro atoms. The number of methoxy groups -OCH3 is 1. The maximum atomic E-state index is 9.10. The van der Waals surface area contributed by atoms with E-state index in [0.29, 0.717) is 24.8 Å². The Bertz CT molecular complexity index is 533. The number of nitrogens with one attached hydrogen (secondary N) is 1. The van der Waals surface area contributed by atoms with E-state index in [4.69, 9.17) is 45.6 Å². The topological polar surface area (TPSA) is 114 Å². The number of carboxylic acids is 2. The maximum Gasteiger partial charge on any atom is 0.414 e. The zero-order valence-electron chi connectivity index (χ0n) is 14.4. The van der Waals surface area contributed by atoms with Gasteiger partial charge in [0.2, 0.25) is 0 Å². The smallest absolute Gasteiger partial charge is 0.414 e. The van der Waals surface area contributed by atoms with E-state index in [1.54, 1.807) is 13.2 Å². The molecule has 8 nitrogen and oxygen atoms in total. The zero-order valence-corrected chi connectivity index (χ0v) is 16.7. The molecule has 0 saturated heterocycles. The molecule has 0 fully saturated rings. The first kappa shape index (κ1) is 24.6. The highest BCUT2D eigenvalue weighted by Crippen LogP contribution is 2.27. The second kappa shape index (κ2) is 15.8. The van der Waals surface area contributed by atoms with Crippen molar-refractivity contribution >= 4 is 39.5 Å². The van der Waals surface area contributed by atoms with Crippen LogP contribution < -0.4 is 10.1 Å². The van der Waals surface area contributed by atoms with Gasteiger partial charge in [0, 0.05) is 25.3 Å². The summed E-state index contributed by atoms with van der Waals surface area (Å²) in [6, 6.07) is 5.44. The molecule has 0 atom stereocenters. The number of hydrogen-bond acceptors (Lipinski definition) is 6. The average Bonchev–Trinajstić information content (AvgIpc) is 2.58. The van der Waals surface area contributed by atoms with Crippen LogP contribution in [-0.2, 0) is 19.1 Å². The number of carboxylic acid groups (broad SMARTS) is 2. The van der Waals surface area contributed by atoms with E-state index in [1.165, 1.54) is 0 Å². The highest BCUT2D eigenvalue weighted by atomic mass is 79.9. The molecule has 1 aromatic carbocycles. The van der Waals surface area contributed by atoms with E-state index in [9.17, 15) is 0 Å². The maximum absolute atomic E-state index is 9.10. The van der Waals surface area contributed by atoms with Crippen LogP contribution in [0.5, 0.6) is 5.75 Å². The lowest BCUT2D eigenvalue weighted by Gasteiger charge is -2.09. The fourth-order valence-corrected chi connectivity index (χ4v) is 2.31. The van der Waals surface area contributed by atoms with E-state index < -0.39 is 11.9 Å². The molecule has 1 rings (SSSR count). The van der Waals surface area contributed by atoms with Crippen molar-refractivity contribution in [2.45, 2.75) is 6.42 Å². The molecule has 0 unspecified atom stereocenters. The molecule has 0 heterocycles. The van der Waals surface area contributed by atoms with Gasteiger partial charge in [-0.1, -0.05) is 11.6 Å². The Labute approximate surface area is 165 Å². The zero-order chi connectivity index (χ0) is 19.8. The highest BCUT2D eigenvalue weighted by molar-refractivity contribution is 9.10. The summed E-state index contributed by atoms with van der Waals surface area (Å²) >= 11 is 9.26. The first-order valence-electron chi connectivity index (χ1n) is 7.70. The Morgan fingerprint density at radius 2 is 1.81 bits per heavy atom. The molecule has 0 aromatic heterocycles. The predicted octanol–water partition coefficient (Wildman–Crippen LogP) is 2.28. The number of benzene rings is 1. The van der Waals surface area contributed by atoms with E-state index in [-0.39, 0.29) is 0 Å². The van der Waals surface area contributed by atoms with Gasteiger partial charge in [-0.25, -0.2) is 9.59 Å². The van der Waals surface area contributed by atoms with Gasteiger partial charge in [0.1, 0.15) is 12.4 Å². The SMILES string of the molecule is COCCCNCCOCCOc1ccc(Cl)cc1Br.O=C(O)C(=O)O. The van der Waals surface area contributed by atoms with Crippen LogP contribution in [-0.4, -0.2) is 68.8 Å². The summed E-state index contributed by atoms with van der Waals surface area (Å²) in [5.41, 5.74) is 0. The van der Waals surface area contributed by atoms with Crippen molar-refractivity contribution in [2.75, 3.05) is 46.6 Å². The van der Waals surface area contributed by atoms with Crippen molar-refractivity contribution in [3.8, 4) is 5.75 Å². The lowest BCUT2D eigenvalue weighted by Crippen LogP contribution is -2.22. The summed E-state index contributed by atoms with van der Waals surface area (Å²) in [5, 5.41) is 18.7. The van der Waals surface area contributed by atoms with Crippen molar-refractivity contribution in [1.82, 2.24) is 5.32 Å². The van der Waals surface area contributed by atoms with Crippen LogP contribution in [0, 0.1) is 0 Å². The fraction of sp³-hybridized carbons (Fsp3) is 0.500. The molecule has 0 saturated carbocycles. The summed E-state index contributed by atoms with van der Waals surface area (Å²) in [6.07, 6.45) is 1.02. The van der Waals surface area contributed by atoms with E-state index in [0.717, 1.165) is 36.3 Å². The third-order valence-electron chi connectivity index (χ3n) is 2.69. The molecule has 3 N–H and O–H groups in total. The molecule has 0 amide bonds. The summed E-state index contributed by atoms with van der Waals surface area (Å²) in [4.78, 5) is 18.2. The Kier molecular flexibility index (Phi) is 15.0. The first-order chi connectivity index (χ1) is 12.4. The Morgan fingerprint density at radius 1 is 1.12 bits per heavy atom. The van der Waals surface area contributed by atoms with Crippen molar-refractivity contribution in [1.29, 1.82) is 0 Å². The van der Waals surface area contributed by atoms with Crippen LogP contribution in [0.2, 0.25) is 5.02 Å². The van der Waals surface area contributed by atoms with Gasteiger partial charge in [-0.05, 0) is 47.1 Å². The minimum Gasteiger partial charge on any atom is -0.490 e. The lowest BCUT2D eigenvalue weighted by atomic mass is 10.3. The van der Waals surface area contributed by atoms with Crippen molar-refractivity contribution in [3.63, 3.8) is 0 Å². The second-order valence-corrected chi connectivity index (χ2v) is 6.03. The average molecular weight is 457 g/mol. The summed E-state index contributed by atoms with van der Waals surface area (Å²) in [6.45, 7) is 4.34. The van der Waals surface area contributed by atoms with Gasteiger partial charge >= 0.3 is 11.9 Å². The number of rotatable bonds is 11. The predicted molar refractivity (Wildman–Crippen MR) is 100 cm³/mol. The molecule has 148 valence electrons. The molecular weight excluding hydrogens is 434 g/mol. The van der Waals surface area contributed by atoms with Crippen LogP contribution in [0.3, 0.4) is 0 Å². The Hall–Kier alpha value is -1.39. The van der Waals surface area contributed by atoms with Crippen LogP contribution in [0.25, 0.3) is 0 Å². The lowest BCUT2D eigenvalue weighted by molar-refractivity contribution is -0.159. The largest absolute Gasteiger partial charge is 0.490 e. The van der Waals surface area contributed by atoms with E-state index in [2.05, 4.69) is 21.2 Å². The summed E-state index contributed by atoms with van der Waals surface area (Å²) in [5.74, 6) is -2.87. The van der Waals surface area contributed by atoms with Gasteiger partial charge in [-0.2, -0.15) is 0 Å². The van der Waals surface area contributed by atoms with Gasteiger partial charge in [-0.3, -0.25) is 0 Å². The van der Waals surface area contributed by atoms with Crippen molar-refractivity contribution < 1.29 is 34.0 Å². The van der Waals surface area contributed by atoms with Crippen molar-refractivity contribution in [3.05, 3.63) is 27.7 Å². The third kappa shape index (κ3) is 13.9. The van der Waals surface area contributed by atoms with Gasteiger partial charge < -0.3 is 29.7 Å². The molecule has 26 heavy (non-hydrogen) atoms. The molecule has 10 heteroatoms. The molecule has 1 aromatic rings. The normalized spacial score (nSPS) is 9.96. The summed E-state index contributed by atoms with van der Waals surface area (Å²) < 4.78 is 16.9. The molecule has 0 bridgehead atoms. The van der Waals surface area contributed by atoms with Crippen LogP contribution in [0.4, 0.5) is 0 Å². The molecule has 0 aliphatic heterocycles. The molecule has 0 aliphatic rings. The third-order valence-corrected chi connectivity index (χ3v) is 3.54. The van der Waals surface area contributed by atoms with Crippen LogP contribution in [0.15, 0.2) is 22.7 Å². The monoisotopic (exact) mass is 455 g/mol. The summed E-state index contributed by atoms with van der Waals surface area (Å²) in [7, 11) is 1.71. The van der Waals surface area contributed by atoms with Crippen LogP contribution in [0.1, 0.15) is 6.42 Å². The number of ether oxygens (including phenoxy) is 3. The quantitative estimate of drug-likeness (QED) is 0.343. The van der Waals surface area contributed by atoms with Crippen LogP contribution >= 0.6 is 27.5 Å². The fourth-order valence-electron chi connectivity index (χ4n) is 1.52. The van der Waals surface area contributed by atoms with E-state index in [1.807, 2.05) is 12.1 Å². The minimum absolute atomic E-state index is 0.518. The number of aliphatic carboxylic acids is 2. The first-order valence-corrected chi connectivity index (χ1v) is 8.87. The number of halogens is 2. The number of carbonyl (C=O) groups is 2. The van der Waals surface area contributed by atoms with E-state index >= 15 is 0 Å². The number of hydrogen-bond donors (Lipinski definition) is 3. The van der Waals surface area contributed by atoms with Gasteiger partial charge in [-0.15, -0.1) is 0 Å². The highest BCUT2D eigenvalue weighted by Gasteiger charge is 2.04. The molecular formula is C16H23BrClNO7. The van der Waals surface area contributed by atoms with Gasteiger partial charge in [0.05, 0.1) is 17.7 Å². The standard InChI is InChI=1S/C14H21BrClNO3.C2H2O4/c1-18-7-2-5-17-6-8-19-9-10-20-14-4-3-12(16)11-13(14)15;3-1(4)2(5)6/h3-4,11,17H,2,5-10H2,1H3;(H,3,4)(H,5,6). The minimum atomic E-state index is -1.82.